The molecule has 0 unspecified atom stereocenters. The van der Waals surface area contributed by atoms with Crippen LogP contribution in [0.4, 0.5) is 14.5 Å². The Bertz CT molecular complexity index is 797. The van der Waals surface area contributed by atoms with Gasteiger partial charge in [-0.1, -0.05) is 11.6 Å². The van der Waals surface area contributed by atoms with Gasteiger partial charge in [-0.3, -0.25) is 0 Å². The van der Waals surface area contributed by atoms with Crippen LogP contribution in [-0.4, -0.2) is 9.78 Å². The molecular formula is C15H10ClF2N3. The number of benzene rings is 2. The number of anilines is 1. The van der Waals surface area contributed by atoms with Gasteiger partial charge in [0.05, 0.1) is 22.6 Å². The van der Waals surface area contributed by atoms with Gasteiger partial charge in [0.25, 0.3) is 0 Å². The minimum atomic E-state index is -0.536. The van der Waals surface area contributed by atoms with Gasteiger partial charge in [0, 0.05) is 11.6 Å². The van der Waals surface area contributed by atoms with Crippen molar-refractivity contribution in [1.29, 1.82) is 0 Å². The monoisotopic (exact) mass is 305 g/mol. The highest BCUT2D eigenvalue weighted by molar-refractivity contribution is 6.30. The summed E-state index contributed by atoms with van der Waals surface area (Å²) in [6.07, 6.45) is 1.57. The molecule has 0 aliphatic carbocycles. The first-order valence-electron chi connectivity index (χ1n) is 6.11. The number of nitrogen functional groups attached to an aromatic ring is 1. The fraction of sp³-hybridized carbons (Fsp3) is 0. The molecule has 0 atom stereocenters. The minimum Gasteiger partial charge on any atom is -0.396 e. The average Bonchev–Trinajstić information content (AvgIpc) is 2.85. The van der Waals surface area contributed by atoms with Crippen LogP contribution in [0.5, 0.6) is 0 Å². The Morgan fingerprint density at radius 2 is 1.76 bits per heavy atom. The van der Waals surface area contributed by atoms with Crippen LogP contribution >= 0.6 is 11.6 Å². The topological polar surface area (TPSA) is 43.8 Å². The number of aromatic nitrogens is 2. The second-order valence-electron chi connectivity index (χ2n) is 4.48. The summed E-state index contributed by atoms with van der Waals surface area (Å²) in [6, 6.07) is 10.2. The Morgan fingerprint density at radius 3 is 2.43 bits per heavy atom. The third kappa shape index (κ3) is 2.60. The van der Waals surface area contributed by atoms with Crippen molar-refractivity contribution in [1.82, 2.24) is 9.78 Å². The molecule has 0 radical (unpaired) electrons. The van der Waals surface area contributed by atoms with E-state index in [0.29, 0.717) is 22.6 Å². The van der Waals surface area contributed by atoms with E-state index in [0.717, 1.165) is 0 Å². The van der Waals surface area contributed by atoms with Crippen LogP contribution < -0.4 is 5.73 Å². The van der Waals surface area contributed by atoms with Gasteiger partial charge < -0.3 is 5.73 Å². The summed E-state index contributed by atoms with van der Waals surface area (Å²) in [7, 11) is 0. The van der Waals surface area contributed by atoms with Crippen molar-refractivity contribution in [3.8, 4) is 16.9 Å². The summed E-state index contributed by atoms with van der Waals surface area (Å²) < 4.78 is 27.9. The van der Waals surface area contributed by atoms with Crippen molar-refractivity contribution in [2.75, 3.05) is 5.73 Å². The minimum absolute atomic E-state index is 0.0395. The quantitative estimate of drug-likeness (QED) is 0.776. The van der Waals surface area contributed by atoms with Crippen molar-refractivity contribution >= 4 is 17.3 Å². The number of nitrogens with zero attached hydrogens (tertiary/aromatic N) is 2. The van der Waals surface area contributed by atoms with Gasteiger partial charge in [0.2, 0.25) is 0 Å². The number of rotatable bonds is 2. The zero-order valence-electron chi connectivity index (χ0n) is 10.7. The summed E-state index contributed by atoms with van der Waals surface area (Å²) in [4.78, 5) is 0. The molecule has 6 heteroatoms. The van der Waals surface area contributed by atoms with Crippen LogP contribution in [0, 0.1) is 11.6 Å². The summed E-state index contributed by atoms with van der Waals surface area (Å²) in [5.74, 6) is -0.872. The molecule has 0 amide bonds. The Hall–Kier alpha value is -2.40. The zero-order valence-corrected chi connectivity index (χ0v) is 11.5. The maximum absolute atomic E-state index is 13.5. The predicted molar refractivity (Wildman–Crippen MR) is 78.3 cm³/mol. The maximum Gasteiger partial charge on any atom is 0.143 e. The second-order valence-corrected chi connectivity index (χ2v) is 4.89. The van der Waals surface area contributed by atoms with Gasteiger partial charge in [0.1, 0.15) is 17.3 Å². The van der Waals surface area contributed by atoms with E-state index in [4.69, 9.17) is 17.3 Å². The lowest BCUT2D eigenvalue weighted by Crippen LogP contribution is -1.96. The highest BCUT2D eigenvalue weighted by Gasteiger charge is 2.11. The highest BCUT2D eigenvalue weighted by Crippen LogP contribution is 2.26. The zero-order chi connectivity index (χ0) is 15.0. The molecule has 21 heavy (non-hydrogen) atoms. The van der Waals surface area contributed by atoms with E-state index in [-0.39, 0.29) is 10.8 Å². The Morgan fingerprint density at radius 1 is 1.05 bits per heavy atom. The SMILES string of the molecule is Nc1cn(-c2ccc(Cl)c(F)c2)nc1-c1ccc(F)cc1. The molecule has 3 nitrogen and oxygen atoms in total. The Labute approximate surface area is 124 Å². The molecule has 3 aromatic rings. The van der Waals surface area contributed by atoms with Crippen molar-refractivity contribution in [2.24, 2.45) is 0 Å². The van der Waals surface area contributed by atoms with Crippen molar-refractivity contribution in [3.05, 3.63) is 65.3 Å². The summed E-state index contributed by atoms with van der Waals surface area (Å²) in [5, 5.41) is 4.35. The molecule has 106 valence electrons. The third-order valence-electron chi connectivity index (χ3n) is 3.03. The van der Waals surface area contributed by atoms with Crippen LogP contribution in [0.2, 0.25) is 5.02 Å². The lowest BCUT2D eigenvalue weighted by Gasteiger charge is -2.02. The van der Waals surface area contributed by atoms with E-state index in [1.165, 1.54) is 28.9 Å². The van der Waals surface area contributed by atoms with Gasteiger partial charge in [0.15, 0.2) is 0 Å². The Kier molecular flexibility index (Phi) is 3.35. The van der Waals surface area contributed by atoms with E-state index in [1.807, 2.05) is 0 Å². The lowest BCUT2D eigenvalue weighted by atomic mass is 10.1. The number of halogens is 3. The number of hydrogen-bond donors (Lipinski definition) is 1. The van der Waals surface area contributed by atoms with E-state index in [2.05, 4.69) is 5.10 Å². The summed E-state index contributed by atoms with van der Waals surface area (Å²) >= 11 is 5.65. The molecule has 0 saturated heterocycles. The maximum atomic E-state index is 13.5. The average molecular weight is 306 g/mol. The molecule has 2 N–H and O–H groups in total. The van der Waals surface area contributed by atoms with E-state index in [9.17, 15) is 8.78 Å². The van der Waals surface area contributed by atoms with E-state index in [1.54, 1.807) is 24.4 Å². The first kappa shape index (κ1) is 13.6. The molecule has 0 spiro atoms. The third-order valence-corrected chi connectivity index (χ3v) is 3.33. The molecule has 1 aromatic heterocycles. The molecule has 0 bridgehead atoms. The molecular weight excluding hydrogens is 296 g/mol. The molecule has 2 aromatic carbocycles. The van der Waals surface area contributed by atoms with Crippen LogP contribution in [0.25, 0.3) is 16.9 Å². The van der Waals surface area contributed by atoms with Crippen LogP contribution in [-0.2, 0) is 0 Å². The van der Waals surface area contributed by atoms with Gasteiger partial charge in [-0.25, -0.2) is 13.5 Å². The van der Waals surface area contributed by atoms with Gasteiger partial charge in [-0.15, -0.1) is 0 Å². The normalized spacial score (nSPS) is 10.8. The van der Waals surface area contributed by atoms with Gasteiger partial charge in [-0.05, 0) is 36.4 Å². The van der Waals surface area contributed by atoms with Gasteiger partial charge in [-0.2, -0.15) is 5.10 Å². The van der Waals surface area contributed by atoms with Crippen molar-refractivity contribution in [2.45, 2.75) is 0 Å². The smallest absolute Gasteiger partial charge is 0.143 e. The predicted octanol–water partition coefficient (Wildman–Crippen LogP) is 4.05. The molecule has 0 aliphatic rings. The first-order chi connectivity index (χ1) is 10.0. The second kappa shape index (κ2) is 5.18. The van der Waals surface area contributed by atoms with Crippen LogP contribution in [0.15, 0.2) is 48.7 Å². The standard InChI is InChI=1S/C15H10ClF2N3/c16-12-6-5-11(7-13(12)18)21-8-14(19)15(20-21)9-1-3-10(17)4-2-9/h1-8H,19H2. The van der Waals surface area contributed by atoms with Crippen LogP contribution in [0.3, 0.4) is 0 Å². The lowest BCUT2D eigenvalue weighted by molar-refractivity contribution is 0.625. The number of nitrogens with two attached hydrogens (primary N) is 1. The highest BCUT2D eigenvalue weighted by atomic mass is 35.5. The molecule has 1 heterocycles. The summed E-state index contributed by atoms with van der Waals surface area (Å²) in [6.45, 7) is 0. The number of hydrogen-bond acceptors (Lipinski definition) is 2. The molecule has 0 aliphatic heterocycles. The van der Waals surface area contributed by atoms with Crippen molar-refractivity contribution < 1.29 is 8.78 Å². The fourth-order valence-corrected chi connectivity index (χ4v) is 2.10. The first-order valence-corrected chi connectivity index (χ1v) is 6.49. The molecule has 0 saturated carbocycles. The Balaban J connectivity index is 2.04. The summed E-state index contributed by atoms with van der Waals surface area (Å²) in [5.41, 5.74) is 8.02. The van der Waals surface area contributed by atoms with Crippen LogP contribution in [0.1, 0.15) is 0 Å². The van der Waals surface area contributed by atoms with E-state index >= 15 is 0 Å². The van der Waals surface area contributed by atoms with E-state index < -0.39 is 5.82 Å². The molecule has 0 fully saturated rings. The van der Waals surface area contributed by atoms with Crippen molar-refractivity contribution in [3.63, 3.8) is 0 Å². The molecule has 3 rings (SSSR count). The van der Waals surface area contributed by atoms with Gasteiger partial charge >= 0.3 is 0 Å². The fourth-order valence-electron chi connectivity index (χ4n) is 1.98. The largest absolute Gasteiger partial charge is 0.396 e.